The lowest BCUT2D eigenvalue weighted by molar-refractivity contribution is 0.590. The van der Waals surface area contributed by atoms with Gasteiger partial charge in [-0.3, -0.25) is 0 Å². The molecule has 0 saturated carbocycles. The maximum Gasteiger partial charge on any atom is 0.184 e. The molecule has 79 heavy (non-hydrogen) atoms. The van der Waals surface area contributed by atoms with Crippen molar-refractivity contribution in [2.45, 2.75) is 52.4 Å². The molecule has 0 N–H and O–H groups in total. The van der Waals surface area contributed by atoms with Crippen LogP contribution < -0.4 is 46.4 Å². The minimum atomic E-state index is -3.39. The number of nitrogens with zero attached hydrogens (tertiary/aromatic N) is 3. The van der Waals surface area contributed by atoms with Crippen LogP contribution in [0.4, 0.5) is 17.1 Å². The van der Waals surface area contributed by atoms with Crippen molar-refractivity contribution in [2.75, 3.05) is 4.90 Å². The molecule has 15 rings (SSSR count). The first-order valence-electron chi connectivity index (χ1n) is 28.0. The maximum atomic E-state index is 2.67. The SMILES string of the molecule is CC(C)(C)c1ccc2c(c1)c1cc(C(C)(C)C)ccc1n2-c1cccc([Si]2(c3cccc(-n4c5ccccc5c5ccccc54)c3)c3ccccc3N3c4ccccc4[Si](c4ccccc4)(c4ccccc4)c4cccc2c43)c1. The van der Waals surface area contributed by atoms with Crippen molar-refractivity contribution in [3.8, 4) is 11.4 Å². The summed E-state index contributed by atoms with van der Waals surface area (Å²) in [5.74, 6) is 0. The molecule has 0 fully saturated rings. The van der Waals surface area contributed by atoms with Crippen LogP contribution in [0.3, 0.4) is 0 Å². The molecule has 0 aliphatic carbocycles. The van der Waals surface area contributed by atoms with E-state index in [-0.39, 0.29) is 10.8 Å². The van der Waals surface area contributed by atoms with E-state index in [0.29, 0.717) is 0 Å². The van der Waals surface area contributed by atoms with Crippen molar-refractivity contribution < 1.29 is 0 Å². The minimum absolute atomic E-state index is 0.00499. The van der Waals surface area contributed by atoms with E-state index in [1.54, 1.807) is 0 Å². The van der Waals surface area contributed by atoms with Crippen LogP contribution in [-0.2, 0) is 10.8 Å². The Balaban J connectivity index is 1.09. The fourth-order valence-electron chi connectivity index (χ4n) is 14.2. The third-order valence-corrected chi connectivity index (χ3v) is 27.4. The molecule has 3 nitrogen and oxygen atoms in total. The second-order valence-corrected chi connectivity index (χ2v) is 31.5. The number of fused-ring (bicyclic) bond motifs is 10. The molecule has 11 aromatic carbocycles. The normalized spacial score (nSPS) is 15.6. The largest absolute Gasteiger partial charge is 0.311 e. The second kappa shape index (κ2) is 17.4. The average Bonchev–Trinajstić information content (AvgIpc) is 3.44. The molecular formula is C74H61N3Si2. The van der Waals surface area contributed by atoms with E-state index < -0.39 is 16.1 Å². The number of rotatable bonds is 6. The summed E-state index contributed by atoms with van der Waals surface area (Å²) in [4.78, 5) is 2.67. The Kier molecular flexibility index (Phi) is 10.4. The van der Waals surface area contributed by atoms with E-state index in [9.17, 15) is 0 Å². The van der Waals surface area contributed by atoms with Gasteiger partial charge in [0.25, 0.3) is 0 Å². The number of aromatic nitrogens is 2. The van der Waals surface area contributed by atoms with E-state index in [1.807, 2.05) is 0 Å². The first-order valence-corrected chi connectivity index (χ1v) is 32.0. The highest BCUT2D eigenvalue weighted by atomic mass is 28.3. The Hall–Kier alpha value is -8.75. The van der Waals surface area contributed by atoms with Gasteiger partial charge in [-0.25, -0.2) is 0 Å². The van der Waals surface area contributed by atoms with Crippen molar-refractivity contribution >= 4 is 118 Å². The summed E-state index contributed by atoms with van der Waals surface area (Å²) in [5.41, 5.74) is 13.7. The van der Waals surface area contributed by atoms with Gasteiger partial charge in [0.15, 0.2) is 16.1 Å². The van der Waals surface area contributed by atoms with Crippen LogP contribution in [0.2, 0.25) is 0 Å². The Morgan fingerprint density at radius 1 is 0.278 bits per heavy atom. The summed E-state index contributed by atoms with van der Waals surface area (Å²) in [6.07, 6.45) is 0. The van der Waals surface area contributed by atoms with Gasteiger partial charge in [-0.2, -0.15) is 0 Å². The number of benzene rings is 11. The molecule has 13 aromatic rings. The van der Waals surface area contributed by atoms with E-state index in [4.69, 9.17) is 0 Å². The molecule has 2 aliphatic rings. The average molecular weight is 1050 g/mol. The number of hydrogen-bond acceptors (Lipinski definition) is 1. The zero-order chi connectivity index (χ0) is 53.4. The van der Waals surface area contributed by atoms with E-state index >= 15 is 0 Å². The lowest BCUT2D eigenvalue weighted by Crippen LogP contribution is -2.82. The first-order chi connectivity index (χ1) is 38.5. The Morgan fingerprint density at radius 2 is 0.633 bits per heavy atom. The quantitative estimate of drug-likeness (QED) is 0.151. The first kappa shape index (κ1) is 47.5. The van der Waals surface area contributed by atoms with Crippen molar-refractivity contribution in [3.05, 3.63) is 272 Å². The molecule has 0 radical (unpaired) electrons. The monoisotopic (exact) mass is 1050 g/mol. The van der Waals surface area contributed by atoms with Crippen LogP contribution in [0.25, 0.3) is 55.0 Å². The molecule has 1 atom stereocenters. The smallest absolute Gasteiger partial charge is 0.184 e. The molecule has 0 saturated heterocycles. The van der Waals surface area contributed by atoms with Gasteiger partial charge in [0, 0.05) is 50.0 Å². The van der Waals surface area contributed by atoms with Crippen molar-refractivity contribution in [1.82, 2.24) is 9.13 Å². The molecule has 4 heterocycles. The van der Waals surface area contributed by atoms with Crippen LogP contribution in [0.5, 0.6) is 0 Å². The van der Waals surface area contributed by atoms with Gasteiger partial charge in [-0.15, -0.1) is 0 Å². The number of para-hydroxylation sites is 5. The predicted octanol–water partition coefficient (Wildman–Crippen LogP) is 13.3. The zero-order valence-corrected chi connectivity index (χ0v) is 47.7. The van der Waals surface area contributed by atoms with Gasteiger partial charge in [0.05, 0.1) is 22.1 Å². The molecule has 1 unspecified atom stereocenters. The van der Waals surface area contributed by atoms with E-state index in [1.165, 1.54) is 119 Å². The lowest BCUT2D eigenvalue weighted by Gasteiger charge is -2.52. The third-order valence-electron chi connectivity index (χ3n) is 17.7. The summed E-state index contributed by atoms with van der Waals surface area (Å²) in [7, 11) is -6.40. The minimum Gasteiger partial charge on any atom is -0.311 e. The molecule has 2 aliphatic heterocycles. The molecular weight excluding hydrogens is 987 g/mol. The fourth-order valence-corrected chi connectivity index (χ4v) is 24.6. The topological polar surface area (TPSA) is 13.1 Å². The molecule has 5 heteroatoms. The number of hydrogen-bond donors (Lipinski definition) is 0. The van der Waals surface area contributed by atoms with Crippen LogP contribution in [0.1, 0.15) is 52.7 Å². The molecule has 380 valence electrons. The highest BCUT2D eigenvalue weighted by Gasteiger charge is 2.56. The molecule has 0 spiro atoms. The Bertz CT molecular complexity index is 4430. The van der Waals surface area contributed by atoms with E-state index in [2.05, 4.69) is 316 Å². The van der Waals surface area contributed by atoms with Crippen LogP contribution >= 0.6 is 0 Å². The Labute approximate surface area is 465 Å². The Morgan fingerprint density at radius 3 is 1.09 bits per heavy atom. The maximum absolute atomic E-state index is 3.39. The molecule has 2 aromatic heterocycles. The third kappa shape index (κ3) is 6.76. The van der Waals surface area contributed by atoms with Crippen molar-refractivity contribution in [2.24, 2.45) is 0 Å². The predicted molar refractivity (Wildman–Crippen MR) is 342 cm³/mol. The van der Waals surface area contributed by atoms with Crippen LogP contribution in [0, 0.1) is 0 Å². The summed E-state index contributed by atoms with van der Waals surface area (Å²) < 4.78 is 5.06. The molecule has 0 bridgehead atoms. The summed E-state index contributed by atoms with van der Waals surface area (Å²) >= 11 is 0. The standard InChI is InChI=1S/C74H61N3Si2/c1-73(2,3)50-42-44-64-60(46-50)61-47-51(74(4,5)6)43-45-65(61)76(64)53-25-22-31-57(49-53)79(56-30-21-24-52(48-56)75-62-34-15-13-32-58(62)59-33-14-16-35-63(59)75)69-39-20-18-37-67(69)77-66-36-17-19-38-68(66)78(54-26-9-7-10-27-54,55-28-11-8-12-29-55)70-40-23-41-71(79)72(70)77/h7-49H,1-6H3. The summed E-state index contributed by atoms with van der Waals surface area (Å²) in [6, 6.07) is 101. The van der Waals surface area contributed by atoms with Gasteiger partial charge in [0.2, 0.25) is 0 Å². The molecule has 0 amide bonds. The highest BCUT2D eigenvalue weighted by Crippen LogP contribution is 2.43. The van der Waals surface area contributed by atoms with E-state index in [0.717, 1.165) is 5.69 Å². The summed E-state index contributed by atoms with van der Waals surface area (Å²) in [5, 5.41) is 16.2. The summed E-state index contributed by atoms with van der Waals surface area (Å²) in [6.45, 7) is 14.0. The number of anilines is 3. The van der Waals surface area contributed by atoms with Crippen molar-refractivity contribution in [1.29, 1.82) is 0 Å². The zero-order valence-electron chi connectivity index (χ0n) is 45.7. The van der Waals surface area contributed by atoms with Crippen LogP contribution in [-0.4, -0.2) is 25.3 Å². The lowest BCUT2D eigenvalue weighted by atomic mass is 9.85. The van der Waals surface area contributed by atoms with Crippen molar-refractivity contribution in [3.63, 3.8) is 0 Å². The van der Waals surface area contributed by atoms with Gasteiger partial charge in [-0.1, -0.05) is 230 Å². The van der Waals surface area contributed by atoms with Gasteiger partial charge in [0.1, 0.15) is 0 Å². The fraction of sp³-hybridized carbons (Fsp3) is 0.108. The van der Waals surface area contributed by atoms with Gasteiger partial charge >= 0.3 is 0 Å². The highest BCUT2D eigenvalue weighted by molar-refractivity contribution is 7.24. The van der Waals surface area contributed by atoms with Crippen LogP contribution in [0.15, 0.2) is 261 Å². The second-order valence-electron chi connectivity index (χ2n) is 24.1. The van der Waals surface area contributed by atoms with Gasteiger partial charge in [-0.05, 0) is 136 Å². The van der Waals surface area contributed by atoms with Gasteiger partial charge < -0.3 is 14.0 Å².